The summed E-state index contributed by atoms with van der Waals surface area (Å²) in [5.74, 6) is 0.385. The van der Waals surface area contributed by atoms with Crippen molar-refractivity contribution in [2.24, 2.45) is 0 Å². The van der Waals surface area contributed by atoms with Crippen LogP contribution in [-0.4, -0.2) is 26.6 Å². The first-order valence-corrected chi connectivity index (χ1v) is 7.18. The molecular weight excluding hydrogens is 254 g/mol. The molecule has 1 aromatic rings. The third kappa shape index (κ3) is 3.33. The van der Waals surface area contributed by atoms with Gasteiger partial charge in [0.05, 0.1) is 18.1 Å². The van der Waals surface area contributed by atoms with Gasteiger partial charge in [-0.25, -0.2) is 9.97 Å². The maximum Gasteiger partial charge on any atom is 0.256 e. The molecular formula is C15H23N3O2. The molecule has 110 valence electrons. The molecule has 1 fully saturated rings. The van der Waals surface area contributed by atoms with Crippen molar-refractivity contribution < 1.29 is 9.90 Å². The van der Waals surface area contributed by atoms with Gasteiger partial charge in [0.15, 0.2) is 0 Å². The molecule has 20 heavy (non-hydrogen) atoms. The van der Waals surface area contributed by atoms with Crippen molar-refractivity contribution in [1.29, 1.82) is 0 Å². The zero-order valence-corrected chi connectivity index (χ0v) is 12.4. The van der Waals surface area contributed by atoms with Crippen LogP contribution in [-0.2, 0) is 10.2 Å². The fraction of sp³-hybridized carbons (Fsp3) is 0.667. The van der Waals surface area contributed by atoms with Gasteiger partial charge in [-0.1, -0.05) is 40.0 Å². The number of hydrogen-bond acceptors (Lipinski definition) is 4. The first-order valence-electron chi connectivity index (χ1n) is 7.18. The van der Waals surface area contributed by atoms with Crippen LogP contribution in [0.2, 0.25) is 0 Å². The smallest absolute Gasteiger partial charge is 0.256 e. The molecule has 2 rings (SSSR count). The molecule has 0 spiro atoms. The highest BCUT2D eigenvalue weighted by Crippen LogP contribution is 2.29. The van der Waals surface area contributed by atoms with E-state index in [1.54, 1.807) is 12.4 Å². The van der Waals surface area contributed by atoms with E-state index in [2.05, 4.69) is 15.3 Å². The van der Waals surface area contributed by atoms with Gasteiger partial charge in [-0.15, -0.1) is 0 Å². The van der Waals surface area contributed by atoms with Crippen molar-refractivity contribution in [2.45, 2.75) is 63.9 Å². The number of carbonyl (C=O) groups excluding carboxylic acids is 1. The molecule has 0 aromatic carbocycles. The van der Waals surface area contributed by atoms with Crippen LogP contribution in [0.3, 0.4) is 0 Å². The van der Waals surface area contributed by atoms with Gasteiger partial charge in [-0.2, -0.15) is 0 Å². The predicted octanol–water partition coefficient (Wildman–Crippen LogP) is 2.41. The van der Waals surface area contributed by atoms with Crippen LogP contribution >= 0.6 is 0 Å². The van der Waals surface area contributed by atoms with Crippen LogP contribution in [0, 0.1) is 0 Å². The van der Waals surface area contributed by atoms with Crippen LogP contribution in [0.25, 0.3) is 0 Å². The molecule has 2 N–H and O–H groups in total. The third-order valence-electron chi connectivity index (χ3n) is 3.68. The summed E-state index contributed by atoms with van der Waals surface area (Å²) < 4.78 is 0. The van der Waals surface area contributed by atoms with Crippen LogP contribution in [0.1, 0.15) is 58.7 Å². The lowest BCUT2D eigenvalue weighted by molar-refractivity contribution is -0.137. The second kappa shape index (κ2) is 5.48. The Kier molecular flexibility index (Phi) is 4.09. The zero-order valence-electron chi connectivity index (χ0n) is 12.4. The average Bonchev–Trinajstić information content (AvgIpc) is 2.39. The van der Waals surface area contributed by atoms with Crippen molar-refractivity contribution in [1.82, 2.24) is 9.97 Å². The molecule has 0 atom stereocenters. The summed E-state index contributed by atoms with van der Waals surface area (Å²) >= 11 is 0. The van der Waals surface area contributed by atoms with Gasteiger partial charge in [0.2, 0.25) is 0 Å². The van der Waals surface area contributed by atoms with E-state index >= 15 is 0 Å². The van der Waals surface area contributed by atoms with E-state index < -0.39 is 5.60 Å². The highest BCUT2D eigenvalue weighted by molar-refractivity contribution is 5.96. The second-order valence-corrected chi connectivity index (χ2v) is 6.59. The molecule has 0 radical (unpaired) electrons. The highest BCUT2D eigenvalue weighted by atomic mass is 16.3. The minimum absolute atomic E-state index is 0.121. The summed E-state index contributed by atoms with van der Waals surface area (Å²) in [5, 5.41) is 13.0. The Hall–Kier alpha value is -1.49. The summed E-state index contributed by atoms with van der Waals surface area (Å²) in [7, 11) is 0. The average molecular weight is 277 g/mol. The molecule has 1 heterocycles. The number of aliphatic hydroxyl groups is 1. The number of aromatic nitrogens is 2. The molecule has 1 amide bonds. The van der Waals surface area contributed by atoms with Gasteiger partial charge in [-0.3, -0.25) is 4.79 Å². The maximum absolute atomic E-state index is 12.2. The lowest BCUT2D eigenvalue weighted by Crippen LogP contribution is -2.44. The van der Waals surface area contributed by atoms with E-state index in [1.807, 2.05) is 20.8 Å². The molecule has 5 heteroatoms. The fourth-order valence-corrected chi connectivity index (χ4v) is 2.39. The normalized spacial score (nSPS) is 18.6. The Morgan fingerprint density at radius 2 is 1.75 bits per heavy atom. The molecule has 0 unspecified atom stereocenters. The monoisotopic (exact) mass is 277 g/mol. The minimum atomic E-state index is -1.24. The summed E-state index contributed by atoms with van der Waals surface area (Å²) in [6.07, 6.45) is 7.11. The first kappa shape index (κ1) is 14.9. The summed E-state index contributed by atoms with van der Waals surface area (Å²) in [6.45, 7) is 6.10. The largest absolute Gasteiger partial charge is 0.380 e. The number of rotatable bonds is 2. The molecule has 0 saturated heterocycles. The van der Waals surface area contributed by atoms with Crippen LogP contribution in [0.5, 0.6) is 0 Å². The van der Waals surface area contributed by atoms with E-state index in [4.69, 9.17) is 0 Å². The van der Waals surface area contributed by atoms with E-state index in [0.29, 0.717) is 18.5 Å². The standard InChI is InChI=1S/C15H23N3O2/c1-14(2,3)12-16-9-11(10-17-12)18-13(19)15(20)7-5-4-6-8-15/h9-10,20H,4-8H2,1-3H3,(H,18,19). The highest BCUT2D eigenvalue weighted by Gasteiger charge is 2.37. The lowest BCUT2D eigenvalue weighted by atomic mass is 9.84. The van der Waals surface area contributed by atoms with Crippen molar-refractivity contribution in [3.05, 3.63) is 18.2 Å². The third-order valence-corrected chi connectivity index (χ3v) is 3.68. The number of amides is 1. The van der Waals surface area contributed by atoms with E-state index in [9.17, 15) is 9.90 Å². The maximum atomic E-state index is 12.2. The molecule has 0 aliphatic heterocycles. The van der Waals surface area contributed by atoms with Crippen LogP contribution < -0.4 is 5.32 Å². The summed E-state index contributed by atoms with van der Waals surface area (Å²) in [5.41, 5.74) is -0.826. The Balaban J connectivity index is 2.04. The predicted molar refractivity (Wildman–Crippen MR) is 77.4 cm³/mol. The number of nitrogens with zero attached hydrogens (tertiary/aromatic N) is 2. The SMILES string of the molecule is CC(C)(C)c1ncc(NC(=O)C2(O)CCCCC2)cn1. The fourth-order valence-electron chi connectivity index (χ4n) is 2.39. The number of carbonyl (C=O) groups is 1. The Labute approximate surface area is 119 Å². The van der Waals surface area contributed by atoms with Crippen LogP contribution in [0.15, 0.2) is 12.4 Å². The summed E-state index contributed by atoms with van der Waals surface area (Å²) in [4.78, 5) is 20.7. The van der Waals surface area contributed by atoms with Crippen molar-refractivity contribution >= 4 is 11.6 Å². The van der Waals surface area contributed by atoms with Gasteiger partial charge in [-0.05, 0) is 12.8 Å². The first-order chi connectivity index (χ1) is 9.31. The molecule has 1 saturated carbocycles. The Morgan fingerprint density at radius 3 is 2.25 bits per heavy atom. The molecule has 0 bridgehead atoms. The number of hydrogen-bond donors (Lipinski definition) is 2. The zero-order chi connectivity index (χ0) is 14.8. The van der Waals surface area contributed by atoms with Gasteiger partial charge in [0, 0.05) is 5.41 Å². The molecule has 5 nitrogen and oxygen atoms in total. The van der Waals surface area contributed by atoms with Gasteiger partial charge in [0.25, 0.3) is 5.91 Å². The van der Waals surface area contributed by atoms with E-state index in [-0.39, 0.29) is 11.3 Å². The molecule has 1 aliphatic carbocycles. The van der Waals surface area contributed by atoms with E-state index in [0.717, 1.165) is 25.1 Å². The molecule has 1 aromatic heterocycles. The van der Waals surface area contributed by atoms with Gasteiger partial charge in [0.1, 0.15) is 11.4 Å². The minimum Gasteiger partial charge on any atom is -0.380 e. The van der Waals surface area contributed by atoms with Crippen LogP contribution in [0.4, 0.5) is 5.69 Å². The van der Waals surface area contributed by atoms with Gasteiger partial charge >= 0.3 is 0 Å². The number of anilines is 1. The number of nitrogens with one attached hydrogen (secondary N) is 1. The lowest BCUT2D eigenvalue weighted by Gasteiger charge is -2.30. The Bertz CT molecular complexity index is 471. The van der Waals surface area contributed by atoms with Crippen molar-refractivity contribution in [3.8, 4) is 0 Å². The second-order valence-electron chi connectivity index (χ2n) is 6.59. The van der Waals surface area contributed by atoms with Gasteiger partial charge < -0.3 is 10.4 Å². The topological polar surface area (TPSA) is 75.1 Å². The molecule has 1 aliphatic rings. The summed E-state index contributed by atoms with van der Waals surface area (Å²) in [6, 6.07) is 0. The quantitative estimate of drug-likeness (QED) is 0.870. The van der Waals surface area contributed by atoms with Crippen molar-refractivity contribution in [3.63, 3.8) is 0 Å². The van der Waals surface area contributed by atoms with E-state index in [1.165, 1.54) is 0 Å². The Morgan fingerprint density at radius 1 is 1.20 bits per heavy atom. The van der Waals surface area contributed by atoms with Crippen molar-refractivity contribution in [2.75, 3.05) is 5.32 Å².